The van der Waals surface area contributed by atoms with E-state index < -0.39 is 11.0 Å². The van der Waals surface area contributed by atoms with Gasteiger partial charge < -0.3 is 14.8 Å². The molecule has 8 heteroatoms. The molecule has 1 atom stereocenters. The molecule has 1 aliphatic carbocycles. The van der Waals surface area contributed by atoms with E-state index in [1.165, 1.54) is 5.01 Å². The van der Waals surface area contributed by atoms with E-state index in [1.54, 1.807) is 0 Å². The third-order valence-electron chi connectivity index (χ3n) is 8.16. The average molecular weight is 590 g/mol. The highest BCUT2D eigenvalue weighted by Crippen LogP contribution is 2.38. The molecule has 232 valence electrons. The first-order valence-corrected chi connectivity index (χ1v) is 15.6. The van der Waals surface area contributed by atoms with Crippen LogP contribution in [0.5, 0.6) is 0 Å². The summed E-state index contributed by atoms with van der Waals surface area (Å²) in [6.07, 6.45) is 6.71. The molecule has 1 fully saturated rings. The molecule has 0 saturated heterocycles. The van der Waals surface area contributed by atoms with Crippen molar-refractivity contribution in [3.05, 3.63) is 71.3 Å². The zero-order valence-corrected chi connectivity index (χ0v) is 26.4. The summed E-state index contributed by atoms with van der Waals surface area (Å²) in [4.78, 5) is 38.6. The molecule has 2 aromatic carbocycles. The molecule has 4 rings (SSSR count). The van der Waals surface area contributed by atoms with Gasteiger partial charge in [-0.3, -0.25) is 14.4 Å². The summed E-state index contributed by atoms with van der Waals surface area (Å²) >= 11 is 0. The summed E-state index contributed by atoms with van der Waals surface area (Å²) in [6, 6.07) is 17.6. The fourth-order valence-corrected chi connectivity index (χ4v) is 5.71. The second-order valence-corrected chi connectivity index (χ2v) is 13.4. The normalized spacial score (nSPS) is 16.8. The second kappa shape index (κ2) is 14.2. The lowest BCUT2D eigenvalue weighted by Crippen LogP contribution is -2.36. The molecule has 1 unspecified atom stereocenters. The molecule has 1 N–H and O–H groups in total. The topological polar surface area (TPSA) is 97.3 Å². The molecule has 2 aliphatic rings. The van der Waals surface area contributed by atoms with Crippen molar-refractivity contribution in [1.82, 2.24) is 10.3 Å². The van der Waals surface area contributed by atoms with Crippen molar-refractivity contribution in [2.45, 2.75) is 97.6 Å². The summed E-state index contributed by atoms with van der Waals surface area (Å²) in [5.41, 5.74) is 1.70. The number of hydrogen-bond donors (Lipinski definition) is 1. The van der Waals surface area contributed by atoms with E-state index >= 15 is 0 Å². The van der Waals surface area contributed by atoms with E-state index in [0.717, 1.165) is 55.2 Å². The van der Waals surface area contributed by atoms with Crippen LogP contribution in [0.1, 0.15) is 102 Å². The van der Waals surface area contributed by atoms with Crippen molar-refractivity contribution in [2.24, 2.45) is 16.4 Å². The minimum Gasteiger partial charge on any atom is -0.466 e. The van der Waals surface area contributed by atoms with E-state index in [2.05, 4.69) is 10.4 Å². The predicted molar refractivity (Wildman–Crippen MR) is 167 cm³/mol. The molecule has 0 bridgehead atoms. The van der Waals surface area contributed by atoms with Gasteiger partial charge in [0.2, 0.25) is 11.8 Å². The van der Waals surface area contributed by atoms with Crippen LogP contribution in [-0.4, -0.2) is 47.4 Å². The predicted octanol–water partition coefficient (Wildman–Crippen LogP) is 6.34. The molecule has 1 aliphatic heterocycles. The number of nitrogens with one attached hydrogen (secondary N) is 1. The van der Waals surface area contributed by atoms with Crippen LogP contribution >= 0.6 is 0 Å². The largest absolute Gasteiger partial charge is 0.466 e. The molecule has 2 amide bonds. The molecule has 0 radical (unpaired) electrons. The van der Waals surface area contributed by atoms with Gasteiger partial charge in [0.15, 0.2) is 6.61 Å². The van der Waals surface area contributed by atoms with Crippen molar-refractivity contribution in [3.63, 3.8) is 0 Å². The summed E-state index contributed by atoms with van der Waals surface area (Å²) in [5, 5.41) is 9.08. The second-order valence-electron chi connectivity index (χ2n) is 13.4. The van der Waals surface area contributed by atoms with Gasteiger partial charge in [-0.25, -0.2) is 5.01 Å². The molecule has 0 spiro atoms. The molecule has 1 saturated carbocycles. The highest BCUT2D eigenvalue weighted by Gasteiger charge is 2.33. The Morgan fingerprint density at radius 3 is 2.33 bits per heavy atom. The number of unbranched alkanes of at least 4 members (excludes halogenated alkanes) is 1. The number of esters is 1. The Kier molecular flexibility index (Phi) is 10.6. The molecular formula is C35H47N3O5. The van der Waals surface area contributed by atoms with Gasteiger partial charge in [0.05, 0.1) is 17.9 Å². The SMILES string of the molecule is CC(C)(C)OC(=O)C(C)(C)CCCCNC(=O)C(c1ccc(CN2N=C(c3ccccc3)OCC2=O)cc1)C1CCCC1. The fourth-order valence-electron chi connectivity index (χ4n) is 5.71. The zero-order chi connectivity index (χ0) is 31.0. The maximum Gasteiger partial charge on any atom is 0.312 e. The third-order valence-corrected chi connectivity index (χ3v) is 8.16. The fraction of sp³-hybridized carbons (Fsp3) is 0.543. The van der Waals surface area contributed by atoms with Crippen LogP contribution in [0.15, 0.2) is 59.7 Å². The van der Waals surface area contributed by atoms with E-state index in [1.807, 2.05) is 89.2 Å². The van der Waals surface area contributed by atoms with Gasteiger partial charge in [-0.15, -0.1) is 5.10 Å². The van der Waals surface area contributed by atoms with E-state index in [4.69, 9.17) is 9.47 Å². The first kappa shape index (κ1) is 32.2. The smallest absolute Gasteiger partial charge is 0.312 e. The highest BCUT2D eigenvalue weighted by molar-refractivity contribution is 5.97. The number of ether oxygens (including phenoxy) is 2. The monoisotopic (exact) mass is 589 g/mol. The van der Waals surface area contributed by atoms with Gasteiger partial charge >= 0.3 is 5.97 Å². The third kappa shape index (κ3) is 9.15. The lowest BCUT2D eigenvalue weighted by Gasteiger charge is -2.28. The van der Waals surface area contributed by atoms with Crippen molar-refractivity contribution >= 4 is 23.7 Å². The maximum atomic E-state index is 13.5. The Morgan fingerprint density at radius 2 is 1.67 bits per heavy atom. The lowest BCUT2D eigenvalue weighted by molar-refractivity contribution is -0.166. The van der Waals surface area contributed by atoms with Crippen molar-refractivity contribution in [2.75, 3.05) is 13.2 Å². The van der Waals surface area contributed by atoms with Gasteiger partial charge in [0, 0.05) is 12.1 Å². The van der Waals surface area contributed by atoms with Crippen LogP contribution in [0, 0.1) is 11.3 Å². The van der Waals surface area contributed by atoms with Crippen LogP contribution in [0.3, 0.4) is 0 Å². The Balaban J connectivity index is 1.34. The minimum atomic E-state index is -0.564. The number of carbonyl (C=O) groups excluding carboxylic acids is 3. The van der Waals surface area contributed by atoms with Crippen LogP contribution in [-0.2, 0) is 30.4 Å². The highest BCUT2D eigenvalue weighted by atomic mass is 16.6. The van der Waals surface area contributed by atoms with Crippen LogP contribution in [0.2, 0.25) is 0 Å². The number of amides is 2. The summed E-state index contributed by atoms with van der Waals surface area (Å²) in [6.45, 7) is 10.3. The Labute approximate surface area is 256 Å². The summed E-state index contributed by atoms with van der Waals surface area (Å²) in [5.74, 6) is 0.227. The number of hydrogen-bond acceptors (Lipinski definition) is 6. The van der Waals surface area contributed by atoms with Crippen molar-refractivity contribution in [3.8, 4) is 0 Å². The van der Waals surface area contributed by atoms with Crippen LogP contribution in [0.25, 0.3) is 0 Å². The van der Waals surface area contributed by atoms with Gasteiger partial charge in [-0.05, 0) is 89.5 Å². The van der Waals surface area contributed by atoms with E-state index in [0.29, 0.717) is 31.3 Å². The standard InChI is InChI=1S/C35H47N3O5/c1-34(2,3)43-33(41)35(4,5)21-11-12-22-36-31(40)30(26-13-9-10-14-26)27-19-17-25(18-20-27)23-38-29(39)24-42-32(37-38)28-15-7-6-8-16-28/h6-8,15-20,26,30H,9-14,21-24H2,1-5H3,(H,36,40). The minimum absolute atomic E-state index is 0.0474. The Hall–Kier alpha value is -3.68. The molecular weight excluding hydrogens is 542 g/mol. The molecule has 0 aromatic heterocycles. The summed E-state index contributed by atoms with van der Waals surface area (Å²) in [7, 11) is 0. The first-order chi connectivity index (χ1) is 20.4. The first-order valence-electron chi connectivity index (χ1n) is 15.6. The van der Waals surface area contributed by atoms with Crippen molar-refractivity contribution < 1.29 is 23.9 Å². The number of rotatable bonds is 12. The number of nitrogens with zero attached hydrogens (tertiary/aromatic N) is 2. The Morgan fingerprint density at radius 1 is 1.00 bits per heavy atom. The van der Waals surface area contributed by atoms with Crippen LogP contribution < -0.4 is 5.32 Å². The maximum absolute atomic E-state index is 13.5. The molecule has 2 aromatic rings. The van der Waals surface area contributed by atoms with Gasteiger partial charge in [0.25, 0.3) is 5.91 Å². The molecule has 1 heterocycles. The van der Waals surface area contributed by atoms with E-state index in [9.17, 15) is 14.4 Å². The van der Waals surface area contributed by atoms with Gasteiger partial charge in [-0.2, -0.15) is 0 Å². The average Bonchev–Trinajstić information content (AvgIpc) is 3.49. The van der Waals surface area contributed by atoms with Gasteiger partial charge in [-0.1, -0.05) is 61.7 Å². The van der Waals surface area contributed by atoms with Crippen LogP contribution in [0.4, 0.5) is 0 Å². The number of hydrazone groups is 1. The Bertz CT molecular complexity index is 1270. The quantitative estimate of drug-likeness (QED) is 0.230. The molecule has 43 heavy (non-hydrogen) atoms. The number of benzene rings is 2. The van der Waals surface area contributed by atoms with Gasteiger partial charge in [0.1, 0.15) is 5.60 Å². The summed E-state index contributed by atoms with van der Waals surface area (Å²) < 4.78 is 11.1. The lowest BCUT2D eigenvalue weighted by atomic mass is 9.83. The van der Waals surface area contributed by atoms with E-state index in [-0.39, 0.29) is 30.3 Å². The van der Waals surface area contributed by atoms with Crippen molar-refractivity contribution in [1.29, 1.82) is 0 Å². The molecule has 8 nitrogen and oxygen atoms in total. The number of carbonyl (C=O) groups is 3. The zero-order valence-electron chi connectivity index (χ0n) is 26.4.